The summed E-state index contributed by atoms with van der Waals surface area (Å²) in [7, 11) is 0. The maximum atomic E-state index is 5.34. The van der Waals surface area contributed by atoms with Crippen molar-refractivity contribution in [3.05, 3.63) is 0 Å². The molecular formula is C5H9NS. The first-order valence-electron chi connectivity index (χ1n) is 2.15. The zero-order valence-electron chi connectivity index (χ0n) is 4.31. The van der Waals surface area contributed by atoms with Crippen LogP contribution in [0.25, 0.3) is 0 Å². The molecule has 0 rings (SSSR count). The standard InChI is InChI=1S/C5H9NS/c1-5(6)3-2-4-7/h5,7H,3,6H2,1H3. The molecule has 1 atom stereocenters. The minimum atomic E-state index is 0.180. The van der Waals surface area contributed by atoms with Gasteiger partial charge in [-0.15, -0.1) is 0 Å². The summed E-state index contributed by atoms with van der Waals surface area (Å²) in [6.07, 6.45) is 0.740. The summed E-state index contributed by atoms with van der Waals surface area (Å²) in [5.74, 6) is 2.74. The predicted octanol–water partition coefficient (Wildman–Crippen LogP) is 0.614. The number of thiol groups is 1. The molecule has 0 spiro atoms. The normalized spacial score (nSPS) is 11.9. The van der Waals surface area contributed by atoms with Gasteiger partial charge in [-0.05, 0) is 12.2 Å². The summed E-state index contributed by atoms with van der Waals surface area (Å²) in [5, 5.41) is 2.46. The van der Waals surface area contributed by atoms with Crippen LogP contribution in [0.2, 0.25) is 0 Å². The Hall–Kier alpha value is -0.130. The second-order valence-corrected chi connectivity index (χ2v) is 1.69. The quantitative estimate of drug-likeness (QED) is 0.380. The van der Waals surface area contributed by atoms with Crippen molar-refractivity contribution in [3.8, 4) is 11.2 Å². The first-order chi connectivity index (χ1) is 3.27. The summed E-state index contributed by atoms with van der Waals surface area (Å²) >= 11 is 3.68. The molecule has 40 valence electrons. The molecule has 0 heterocycles. The minimum absolute atomic E-state index is 0.180. The summed E-state index contributed by atoms with van der Waals surface area (Å²) < 4.78 is 0. The fraction of sp³-hybridized carbons (Fsp3) is 0.600. The zero-order chi connectivity index (χ0) is 5.70. The van der Waals surface area contributed by atoms with Crippen LogP contribution < -0.4 is 5.73 Å². The van der Waals surface area contributed by atoms with Gasteiger partial charge in [0.2, 0.25) is 0 Å². The third-order valence-corrected chi connectivity index (χ3v) is 0.661. The lowest BCUT2D eigenvalue weighted by molar-refractivity contribution is 0.771. The van der Waals surface area contributed by atoms with E-state index in [4.69, 9.17) is 5.73 Å². The highest BCUT2D eigenvalue weighted by molar-refractivity contribution is 7.85. The lowest BCUT2D eigenvalue weighted by atomic mass is 10.3. The molecule has 0 saturated carbocycles. The van der Waals surface area contributed by atoms with Crippen LogP contribution in [0.1, 0.15) is 13.3 Å². The molecular weight excluding hydrogens is 106 g/mol. The molecule has 1 nitrogen and oxygen atoms in total. The van der Waals surface area contributed by atoms with Gasteiger partial charge in [0.15, 0.2) is 0 Å². The van der Waals surface area contributed by atoms with Crippen LogP contribution in [-0.2, 0) is 0 Å². The van der Waals surface area contributed by atoms with E-state index in [1.807, 2.05) is 6.92 Å². The van der Waals surface area contributed by atoms with E-state index in [0.717, 1.165) is 6.42 Å². The predicted molar refractivity (Wildman–Crippen MR) is 35.0 cm³/mol. The van der Waals surface area contributed by atoms with Crippen LogP contribution in [0.4, 0.5) is 0 Å². The summed E-state index contributed by atoms with van der Waals surface area (Å²) in [6, 6.07) is 0.180. The van der Waals surface area contributed by atoms with Crippen LogP contribution in [0, 0.1) is 11.2 Å². The van der Waals surface area contributed by atoms with Crippen molar-refractivity contribution in [1.29, 1.82) is 0 Å². The molecule has 0 aliphatic carbocycles. The van der Waals surface area contributed by atoms with Gasteiger partial charge >= 0.3 is 0 Å². The zero-order valence-corrected chi connectivity index (χ0v) is 5.20. The second kappa shape index (κ2) is 4.04. The van der Waals surface area contributed by atoms with E-state index < -0.39 is 0 Å². The van der Waals surface area contributed by atoms with Crippen molar-refractivity contribution >= 4 is 12.6 Å². The van der Waals surface area contributed by atoms with Crippen LogP contribution in [-0.4, -0.2) is 6.04 Å². The molecule has 7 heavy (non-hydrogen) atoms. The van der Waals surface area contributed by atoms with Crippen molar-refractivity contribution in [1.82, 2.24) is 0 Å². The highest BCUT2D eigenvalue weighted by atomic mass is 32.1. The fourth-order valence-electron chi connectivity index (χ4n) is 0.207. The third kappa shape index (κ3) is 5.87. The van der Waals surface area contributed by atoms with E-state index in [9.17, 15) is 0 Å². The Morgan fingerprint density at radius 3 is 2.57 bits per heavy atom. The Morgan fingerprint density at radius 2 is 2.43 bits per heavy atom. The summed E-state index contributed by atoms with van der Waals surface area (Å²) in [4.78, 5) is 0. The molecule has 0 aromatic heterocycles. The molecule has 0 fully saturated rings. The molecule has 2 N–H and O–H groups in total. The SMILES string of the molecule is CC(N)CC#CS. The van der Waals surface area contributed by atoms with Gasteiger partial charge in [0, 0.05) is 12.5 Å². The molecule has 0 saturated heterocycles. The Bertz CT molecular complexity index is 88.0. The van der Waals surface area contributed by atoms with Crippen LogP contribution in [0.15, 0.2) is 0 Å². The van der Waals surface area contributed by atoms with Gasteiger partial charge in [-0.1, -0.05) is 18.5 Å². The molecule has 0 aliphatic rings. The first-order valence-corrected chi connectivity index (χ1v) is 2.59. The Kier molecular flexibility index (Phi) is 3.97. The highest BCUT2D eigenvalue weighted by Gasteiger charge is 1.83. The first kappa shape index (κ1) is 6.87. The van der Waals surface area contributed by atoms with Crippen LogP contribution in [0.3, 0.4) is 0 Å². The fourth-order valence-corrected chi connectivity index (χ4v) is 0.298. The lowest BCUT2D eigenvalue weighted by Crippen LogP contribution is -2.12. The Morgan fingerprint density at radius 1 is 1.86 bits per heavy atom. The Balaban J connectivity index is 3.08. The number of hydrogen-bond donors (Lipinski definition) is 2. The van der Waals surface area contributed by atoms with Gasteiger partial charge < -0.3 is 5.73 Å². The third-order valence-electron chi connectivity index (χ3n) is 0.503. The van der Waals surface area contributed by atoms with Gasteiger partial charge in [-0.25, -0.2) is 0 Å². The molecule has 0 aromatic rings. The lowest BCUT2D eigenvalue weighted by Gasteiger charge is -1.92. The Labute approximate surface area is 49.7 Å². The van der Waals surface area contributed by atoms with Gasteiger partial charge in [0.1, 0.15) is 0 Å². The monoisotopic (exact) mass is 115 g/mol. The maximum absolute atomic E-state index is 5.34. The van der Waals surface area contributed by atoms with Crippen molar-refractivity contribution in [2.75, 3.05) is 0 Å². The van der Waals surface area contributed by atoms with Crippen molar-refractivity contribution in [2.24, 2.45) is 5.73 Å². The smallest absolute Gasteiger partial charge is 0.0247 e. The van der Waals surface area contributed by atoms with Gasteiger partial charge in [-0.3, -0.25) is 0 Å². The van der Waals surface area contributed by atoms with Crippen molar-refractivity contribution in [2.45, 2.75) is 19.4 Å². The number of nitrogens with two attached hydrogens (primary N) is 1. The molecule has 0 amide bonds. The molecule has 2 heteroatoms. The van der Waals surface area contributed by atoms with E-state index in [0.29, 0.717) is 0 Å². The summed E-state index contributed by atoms with van der Waals surface area (Å²) in [6.45, 7) is 1.91. The number of hydrogen-bond acceptors (Lipinski definition) is 2. The molecule has 0 radical (unpaired) electrons. The van der Waals surface area contributed by atoms with E-state index in [1.54, 1.807) is 0 Å². The van der Waals surface area contributed by atoms with Crippen LogP contribution in [0.5, 0.6) is 0 Å². The second-order valence-electron chi connectivity index (χ2n) is 1.47. The van der Waals surface area contributed by atoms with Crippen molar-refractivity contribution in [3.63, 3.8) is 0 Å². The average Bonchev–Trinajstić information content (AvgIpc) is 1.61. The van der Waals surface area contributed by atoms with Gasteiger partial charge in [0.05, 0.1) is 0 Å². The van der Waals surface area contributed by atoms with E-state index in [1.165, 1.54) is 0 Å². The van der Waals surface area contributed by atoms with E-state index in [2.05, 4.69) is 23.8 Å². The number of rotatable bonds is 1. The maximum Gasteiger partial charge on any atom is 0.0247 e. The minimum Gasteiger partial charge on any atom is -0.327 e. The molecule has 0 aliphatic heterocycles. The molecule has 1 unspecified atom stereocenters. The molecule has 0 aromatic carbocycles. The highest BCUT2D eigenvalue weighted by Crippen LogP contribution is 1.80. The van der Waals surface area contributed by atoms with Gasteiger partial charge in [0.25, 0.3) is 0 Å². The largest absolute Gasteiger partial charge is 0.327 e. The van der Waals surface area contributed by atoms with Crippen LogP contribution >= 0.6 is 12.6 Å². The topological polar surface area (TPSA) is 26.0 Å². The van der Waals surface area contributed by atoms with Gasteiger partial charge in [-0.2, -0.15) is 0 Å². The van der Waals surface area contributed by atoms with E-state index >= 15 is 0 Å². The summed E-state index contributed by atoms with van der Waals surface area (Å²) in [5.41, 5.74) is 5.34. The molecule has 0 bridgehead atoms. The average molecular weight is 115 g/mol. The van der Waals surface area contributed by atoms with Crippen molar-refractivity contribution < 1.29 is 0 Å². The van der Waals surface area contributed by atoms with E-state index in [-0.39, 0.29) is 6.04 Å².